The number of aliphatic hydroxyl groups is 1. The highest BCUT2D eigenvalue weighted by molar-refractivity contribution is 6.02. The second kappa shape index (κ2) is 13.3. The van der Waals surface area contributed by atoms with E-state index in [1.807, 2.05) is 32.2 Å². The van der Waals surface area contributed by atoms with Crippen molar-refractivity contribution >= 4 is 23.3 Å². The van der Waals surface area contributed by atoms with Gasteiger partial charge < -0.3 is 25.4 Å². The lowest BCUT2D eigenvalue weighted by atomic mass is 9.99. The summed E-state index contributed by atoms with van der Waals surface area (Å²) in [6.07, 6.45) is -4.76. The number of anilines is 2. The summed E-state index contributed by atoms with van der Waals surface area (Å²) in [5, 5.41) is 15.0. The zero-order chi connectivity index (χ0) is 30.4. The highest BCUT2D eigenvalue weighted by Gasteiger charge is 2.34. The smallest absolute Gasteiger partial charge is 0.416 e. The van der Waals surface area contributed by atoms with Crippen LogP contribution in [0.2, 0.25) is 0 Å². The fourth-order valence-electron chi connectivity index (χ4n) is 4.82. The number of halogens is 3. The minimum Gasteiger partial charge on any atom is -0.488 e. The molecule has 0 spiro atoms. The average Bonchev–Trinajstić information content (AvgIpc) is 2.95. The Morgan fingerprint density at radius 1 is 1.07 bits per heavy atom. The van der Waals surface area contributed by atoms with Crippen molar-refractivity contribution < 1.29 is 32.6 Å². The summed E-state index contributed by atoms with van der Waals surface area (Å²) in [6.45, 7) is 5.21. The summed E-state index contributed by atoms with van der Waals surface area (Å²) >= 11 is 0. The third-order valence-electron chi connectivity index (χ3n) is 7.18. The summed E-state index contributed by atoms with van der Waals surface area (Å²) in [5.41, 5.74) is 1.03. The predicted octanol–water partition coefficient (Wildman–Crippen LogP) is 5.70. The van der Waals surface area contributed by atoms with Crippen LogP contribution in [0, 0.1) is 5.92 Å². The number of rotatable bonds is 8. The number of carbonyl (C=O) groups excluding carboxylic acids is 2. The lowest BCUT2D eigenvalue weighted by Gasteiger charge is -2.38. The summed E-state index contributed by atoms with van der Waals surface area (Å²) < 4.78 is 44.9. The molecule has 11 heteroatoms. The Hall–Kier alpha value is -4.09. The number of benzene rings is 3. The van der Waals surface area contributed by atoms with E-state index in [1.165, 1.54) is 6.07 Å². The average molecular weight is 585 g/mol. The summed E-state index contributed by atoms with van der Waals surface area (Å²) in [7, 11) is 2.00. The van der Waals surface area contributed by atoms with Crippen molar-refractivity contribution in [1.29, 1.82) is 0 Å². The van der Waals surface area contributed by atoms with Crippen molar-refractivity contribution in [2.45, 2.75) is 38.7 Å². The zero-order valence-corrected chi connectivity index (χ0v) is 23.7. The number of ether oxygens (including phenoxy) is 1. The van der Waals surface area contributed by atoms with Crippen LogP contribution in [0.4, 0.5) is 29.3 Å². The molecule has 0 unspecified atom stereocenters. The van der Waals surface area contributed by atoms with Crippen molar-refractivity contribution in [2.24, 2.45) is 5.92 Å². The molecule has 1 aliphatic rings. The van der Waals surface area contributed by atoms with E-state index >= 15 is 0 Å². The van der Waals surface area contributed by atoms with Crippen LogP contribution in [-0.4, -0.2) is 65.7 Å². The number of hydrogen-bond donors (Lipinski definition) is 3. The quantitative estimate of drug-likeness (QED) is 0.316. The van der Waals surface area contributed by atoms with E-state index in [-0.39, 0.29) is 41.5 Å². The molecule has 8 nitrogen and oxygen atoms in total. The van der Waals surface area contributed by atoms with Gasteiger partial charge in [-0.25, -0.2) is 4.79 Å². The number of likely N-dealkylation sites (N-methyl/N-ethyl adjacent to an activating group) is 1. The molecule has 4 rings (SSSR count). The number of nitrogens with one attached hydrogen (secondary N) is 2. The van der Waals surface area contributed by atoms with Gasteiger partial charge in [-0.1, -0.05) is 37.3 Å². The summed E-state index contributed by atoms with van der Waals surface area (Å²) in [5.74, 6) is -0.0450. The fourth-order valence-corrected chi connectivity index (χ4v) is 4.82. The molecule has 0 fully saturated rings. The molecule has 1 aliphatic heterocycles. The van der Waals surface area contributed by atoms with Crippen molar-refractivity contribution in [3.63, 3.8) is 0 Å². The van der Waals surface area contributed by atoms with Crippen molar-refractivity contribution in [3.05, 3.63) is 89.5 Å². The molecule has 0 saturated carbocycles. The van der Waals surface area contributed by atoms with Crippen molar-refractivity contribution in [2.75, 3.05) is 37.4 Å². The molecule has 0 radical (unpaired) electrons. The third-order valence-corrected chi connectivity index (χ3v) is 7.18. The number of carbonyl (C=O) groups is 2. The lowest BCUT2D eigenvalue weighted by Crippen LogP contribution is -2.49. The maximum Gasteiger partial charge on any atom is 0.416 e. The lowest BCUT2D eigenvalue weighted by molar-refractivity contribution is -0.137. The molecule has 0 aromatic heterocycles. The van der Waals surface area contributed by atoms with Gasteiger partial charge in [0, 0.05) is 36.9 Å². The predicted molar refractivity (Wildman–Crippen MR) is 154 cm³/mol. The van der Waals surface area contributed by atoms with E-state index in [0.717, 1.165) is 29.8 Å². The van der Waals surface area contributed by atoms with E-state index in [2.05, 4.69) is 27.7 Å². The minimum absolute atomic E-state index is 0.0540. The van der Waals surface area contributed by atoms with Gasteiger partial charge in [0.1, 0.15) is 11.9 Å². The molecule has 3 N–H and O–H groups in total. The molecular weight excluding hydrogens is 549 g/mol. The Morgan fingerprint density at radius 2 is 1.71 bits per heavy atom. The van der Waals surface area contributed by atoms with Crippen LogP contribution in [0.25, 0.3) is 0 Å². The zero-order valence-electron chi connectivity index (χ0n) is 23.7. The molecule has 0 bridgehead atoms. The first-order valence-electron chi connectivity index (χ1n) is 13.6. The number of fused-ring (bicyclic) bond motifs is 1. The van der Waals surface area contributed by atoms with Gasteiger partial charge in [-0.15, -0.1) is 0 Å². The molecular formula is C31H35F3N4O4. The van der Waals surface area contributed by atoms with E-state index in [9.17, 15) is 27.9 Å². The highest BCUT2D eigenvalue weighted by Crippen LogP contribution is 2.32. The van der Waals surface area contributed by atoms with Crippen LogP contribution in [0.5, 0.6) is 5.75 Å². The Bertz CT molecular complexity index is 1370. The van der Waals surface area contributed by atoms with Gasteiger partial charge in [0.2, 0.25) is 0 Å². The molecule has 42 heavy (non-hydrogen) atoms. The number of nitrogens with zero attached hydrogens (tertiary/aromatic N) is 2. The Balaban J connectivity index is 1.53. The van der Waals surface area contributed by atoms with E-state index in [4.69, 9.17) is 4.74 Å². The summed E-state index contributed by atoms with van der Waals surface area (Å²) in [4.78, 5) is 30.0. The largest absolute Gasteiger partial charge is 0.488 e. The number of urea groups is 1. The topological polar surface area (TPSA) is 94.1 Å². The van der Waals surface area contributed by atoms with Gasteiger partial charge >= 0.3 is 12.2 Å². The molecule has 3 aromatic carbocycles. The van der Waals surface area contributed by atoms with Crippen LogP contribution in [0.3, 0.4) is 0 Å². The number of hydrogen-bond acceptors (Lipinski definition) is 5. The van der Waals surface area contributed by atoms with E-state index in [0.29, 0.717) is 25.4 Å². The molecule has 0 saturated heterocycles. The standard InChI is InChI=1S/C31H35F3N4O4/c1-20-16-38(21(2)19-39)29(40)26-15-25(36-30(41)35-24-11-9-23(10-12-24)31(32,33)34)13-14-27(26)42-28(20)18-37(3)17-22-7-5-4-6-8-22/h4-15,20-21,28,39H,16-19H2,1-3H3,(H2,35,36,41)/t20-,21-,28+/m0/s1. The molecule has 3 aromatic rings. The van der Waals surface area contributed by atoms with Crippen LogP contribution in [0.1, 0.15) is 35.3 Å². The molecule has 3 amide bonds. The second-order valence-electron chi connectivity index (χ2n) is 10.7. The van der Waals surface area contributed by atoms with Crippen LogP contribution < -0.4 is 15.4 Å². The van der Waals surface area contributed by atoms with Crippen molar-refractivity contribution in [3.8, 4) is 5.75 Å². The fraction of sp³-hybridized carbons (Fsp3) is 0.355. The normalized spacial score (nSPS) is 18.0. The first kappa shape index (κ1) is 30.9. The van der Waals surface area contributed by atoms with Crippen LogP contribution in [0.15, 0.2) is 72.8 Å². The first-order chi connectivity index (χ1) is 19.9. The number of amides is 3. The second-order valence-corrected chi connectivity index (χ2v) is 10.7. The minimum atomic E-state index is -4.48. The maximum atomic E-state index is 13.7. The summed E-state index contributed by atoms with van der Waals surface area (Å²) in [6, 6.07) is 17.7. The van der Waals surface area contributed by atoms with Gasteiger partial charge in [-0.2, -0.15) is 13.2 Å². The van der Waals surface area contributed by atoms with Crippen LogP contribution >= 0.6 is 0 Å². The molecule has 1 heterocycles. The monoisotopic (exact) mass is 584 g/mol. The Morgan fingerprint density at radius 3 is 2.36 bits per heavy atom. The third kappa shape index (κ3) is 7.80. The van der Waals surface area contributed by atoms with E-state index < -0.39 is 23.8 Å². The molecule has 0 aliphatic carbocycles. The van der Waals surface area contributed by atoms with Crippen molar-refractivity contribution in [1.82, 2.24) is 9.80 Å². The molecule has 224 valence electrons. The van der Waals surface area contributed by atoms with Gasteiger partial charge in [0.25, 0.3) is 5.91 Å². The first-order valence-corrected chi connectivity index (χ1v) is 13.6. The SMILES string of the molecule is C[C@H]1CN([C@@H](C)CO)C(=O)c2cc(NC(=O)Nc3ccc(C(F)(F)F)cc3)ccc2O[C@@H]1CN(C)Cc1ccccc1. The van der Waals surface area contributed by atoms with E-state index in [1.54, 1.807) is 24.0 Å². The Kier molecular flexibility index (Phi) is 9.74. The van der Waals surface area contributed by atoms with Gasteiger partial charge in [-0.05, 0) is 62.0 Å². The number of alkyl halides is 3. The van der Waals surface area contributed by atoms with Gasteiger partial charge in [0.15, 0.2) is 0 Å². The van der Waals surface area contributed by atoms with Gasteiger partial charge in [-0.3, -0.25) is 9.69 Å². The Labute approximate surface area is 243 Å². The highest BCUT2D eigenvalue weighted by atomic mass is 19.4. The van der Waals surface area contributed by atoms with Gasteiger partial charge in [0.05, 0.1) is 23.8 Å². The maximum absolute atomic E-state index is 13.7. The van der Waals surface area contributed by atoms with Crippen LogP contribution in [-0.2, 0) is 12.7 Å². The number of aliphatic hydroxyl groups excluding tert-OH is 1. The molecule has 3 atom stereocenters.